The topological polar surface area (TPSA) is 0 Å². The summed E-state index contributed by atoms with van der Waals surface area (Å²) in [7, 11) is 0. The molecule has 0 N–H and O–H groups in total. The van der Waals surface area contributed by atoms with Gasteiger partial charge in [0.25, 0.3) is 6.43 Å². The van der Waals surface area contributed by atoms with Gasteiger partial charge in [-0.15, -0.1) is 6.42 Å². The molecule has 0 saturated carbocycles. The first-order valence-corrected chi connectivity index (χ1v) is 3.64. The highest BCUT2D eigenvalue weighted by molar-refractivity contribution is 5.36. The predicted molar refractivity (Wildman–Crippen MR) is 44.2 cm³/mol. The van der Waals surface area contributed by atoms with E-state index in [1.807, 2.05) is 0 Å². The molecule has 1 aromatic rings. The highest BCUT2D eigenvalue weighted by Gasteiger charge is 2.21. The van der Waals surface area contributed by atoms with Gasteiger partial charge in [0.2, 0.25) is 0 Å². The Bertz CT molecular complexity index is 325. The minimum Gasteiger partial charge on any atom is -0.236 e. The van der Waals surface area contributed by atoms with Crippen LogP contribution < -0.4 is 0 Å². The smallest absolute Gasteiger partial charge is 0.236 e. The fourth-order valence-corrected chi connectivity index (χ4v) is 0.945. The quantitative estimate of drug-likeness (QED) is 0.620. The summed E-state index contributed by atoms with van der Waals surface area (Å²) in [6, 6.07) is 5.55. The monoisotopic (exact) mass is 184 g/mol. The minimum atomic E-state index is -3.01. The van der Waals surface area contributed by atoms with E-state index in [4.69, 9.17) is 6.42 Å². The molecule has 0 fully saturated rings. The van der Waals surface area contributed by atoms with E-state index in [0.717, 1.165) is 0 Å². The van der Waals surface area contributed by atoms with Crippen LogP contribution in [0.4, 0.5) is 13.2 Å². The zero-order valence-electron chi connectivity index (χ0n) is 6.68. The zero-order chi connectivity index (χ0) is 9.84. The van der Waals surface area contributed by atoms with Crippen molar-refractivity contribution in [3.63, 3.8) is 0 Å². The molecule has 0 aliphatic rings. The third-order valence-electron chi connectivity index (χ3n) is 1.59. The molecule has 0 saturated heterocycles. The van der Waals surface area contributed by atoms with Gasteiger partial charge in [0.15, 0.2) is 6.17 Å². The van der Waals surface area contributed by atoms with E-state index in [-0.39, 0.29) is 5.56 Å². The van der Waals surface area contributed by atoms with Crippen molar-refractivity contribution < 1.29 is 13.2 Å². The van der Waals surface area contributed by atoms with Crippen LogP contribution in [0, 0.1) is 12.3 Å². The second-order valence-electron chi connectivity index (χ2n) is 2.51. The van der Waals surface area contributed by atoms with Gasteiger partial charge in [-0.2, -0.15) is 0 Å². The molecule has 0 amide bonds. The molecule has 0 bridgehead atoms. The molecule has 13 heavy (non-hydrogen) atoms. The van der Waals surface area contributed by atoms with Crippen LogP contribution in [0.25, 0.3) is 0 Å². The van der Waals surface area contributed by atoms with Crippen molar-refractivity contribution in [3.05, 3.63) is 35.4 Å². The highest BCUT2D eigenvalue weighted by Crippen LogP contribution is 2.24. The predicted octanol–water partition coefficient (Wildman–Crippen LogP) is 2.94. The van der Waals surface area contributed by atoms with Gasteiger partial charge < -0.3 is 0 Å². The van der Waals surface area contributed by atoms with E-state index in [2.05, 4.69) is 5.92 Å². The fourth-order valence-electron chi connectivity index (χ4n) is 0.945. The Morgan fingerprint density at radius 1 is 1.23 bits per heavy atom. The van der Waals surface area contributed by atoms with E-state index >= 15 is 0 Å². The maximum atomic E-state index is 12.8. The second-order valence-corrected chi connectivity index (χ2v) is 2.51. The normalized spacial score (nSPS) is 12.5. The molecular formula is C10H7F3. The number of alkyl halides is 3. The second kappa shape index (κ2) is 3.99. The van der Waals surface area contributed by atoms with Crippen LogP contribution in [-0.4, -0.2) is 6.43 Å². The van der Waals surface area contributed by atoms with Gasteiger partial charge in [-0.1, -0.05) is 18.1 Å². The number of halogens is 3. The number of terminal acetylenes is 1. The van der Waals surface area contributed by atoms with Crippen molar-refractivity contribution in [1.82, 2.24) is 0 Å². The molecule has 68 valence electrons. The van der Waals surface area contributed by atoms with Crippen molar-refractivity contribution in [1.29, 1.82) is 0 Å². The van der Waals surface area contributed by atoms with Crippen LogP contribution in [0.2, 0.25) is 0 Å². The Morgan fingerprint density at radius 3 is 2.46 bits per heavy atom. The molecule has 1 unspecified atom stereocenters. The first kappa shape index (κ1) is 9.66. The highest BCUT2D eigenvalue weighted by atomic mass is 19.3. The average molecular weight is 184 g/mol. The van der Waals surface area contributed by atoms with Crippen molar-refractivity contribution in [3.8, 4) is 12.3 Å². The standard InChI is InChI=1S/C10H7F3/c1-2-7-4-3-5-8(6-7)9(11)10(12)13/h1,3-6,9-10H. The molecule has 0 radical (unpaired) electrons. The summed E-state index contributed by atoms with van der Waals surface area (Å²) < 4.78 is 36.6. The van der Waals surface area contributed by atoms with Crippen molar-refractivity contribution in [2.75, 3.05) is 0 Å². The summed E-state index contributed by atoms with van der Waals surface area (Å²) >= 11 is 0. The molecule has 0 nitrogen and oxygen atoms in total. The lowest BCUT2D eigenvalue weighted by molar-refractivity contribution is 0.0495. The molecule has 0 aliphatic carbocycles. The van der Waals surface area contributed by atoms with Crippen LogP contribution in [0.15, 0.2) is 24.3 Å². The molecular weight excluding hydrogens is 177 g/mol. The maximum Gasteiger partial charge on any atom is 0.273 e. The summed E-state index contributed by atoms with van der Waals surface area (Å²) in [5, 5.41) is 0. The lowest BCUT2D eigenvalue weighted by atomic mass is 10.1. The number of rotatable bonds is 2. The molecule has 0 heterocycles. The molecule has 0 spiro atoms. The SMILES string of the molecule is C#Cc1cccc(C(F)C(F)F)c1. The van der Waals surface area contributed by atoms with E-state index in [1.54, 1.807) is 6.07 Å². The van der Waals surface area contributed by atoms with E-state index in [1.165, 1.54) is 18.2 Å². The van der Waals surface area contributed by atoms with Gasteiger partial charge in [0, 0.05) is 5.56 Å². The minimum absolute atomic E-state index is 0.0783. The molecule has 1 rings (SSSR count). The van der Waals surface area contributed by atoms with E-state index < -0.39 is 12.6 Å². The lowest BCUT2D eigenvalue weighted by Gasteiger charge is -2.06. The van der Waals surface area contributed by atoms with Crippen LogP contribution in [0.5, 0.6) is 0 Å². The first-order chi connectivity index (χ1) is 6.15. The van der Waals surface area contributed by atoms with Crippen LogP contribution in [0.3, 0.4) is 0 Å². The largest absolute Gasteiger partial charge is 0.273 e. The summed E-state index contributed by atoms with van der Waals surface area (Å²) in [6.07, 6.45) is -0.228. The fraction of sp³-hybridized carbons (Fsp3) is 0.200. The lowest BCUT2D eigenvalue weighted by Crippen LogP contribution is -2.02. The van der Waals surface area contributed by atoms with Gasteiger partial charge >= 0.3 is 0 Å². The summed E-state index contributed by atoms with van der Waals surface area (Å²) in [5.74, 6) is 2.25. The molecule has 3 heteroatoms. The zero-order valence-corrected chi connectivity index (χ0v) is 6.68. The third kappa shape index (κ3) is 2.25. The number of hydrogen-bond donors (Lipinski definition) is 0. The summed E-state index contributed by atoms with van der Waals surface area (Å²) in [4.78, 5) is 0. The Hall–Kier alpha value is -1.43. The van der Waals surface area contributed by atoms with Crippen LogP contribution >= 0.6 is 0 Å². The molecule has 1 aromatic carbocycles. The molecule has 0 aliphatic heterocycles. The van der Waals surface area contributed by atoms with Crippen molar-refractivity contribution in [2.24, 2.45) is 0 Å². The Morgan fingerprint density at radius 2 is 1.92 bits per heavy atom. The Kier molecular flexibility index (Phi) is 2.97. The van der Waals surface area contributed by atoms with Crippen LogP contribution in [0.1, 0.15) is 17.3 Å². The van der Waals surface area contributed by atoms with Gasteiger partial charge in [-0.3, -0.25) is 0 Å². The maximum absolute atomic E-state index is 12.8. The van der Waals surface area contributed by atoms with Gasteiger partial charge in [0.05, 0.1) is 0 Å². The summed E-state index contributed by atoms with van der Waals surface area (Å²) in [6.45, 7) is 0. The van der Waals surface area contributed by atoms with Crippen molar-refractivity contribution >= 4 is 0 Å². The van der Waals surface area contributed by atoms with Gasteiger partial charge in [-0.05, 0) is 17.7 Å². The Balaban J connectivity index is 2.96. The van der Waals surface area contributed by atoms with Gasteiger partial charge in [0.1, 0.15) is 0 Å². The van der Waals surface area contributed by atoms with E-state index in [9.17, 15) is 13.2 Å². The molecule has 1 atom stereocenters. The number of benzene rings is 1. The van der Waals surface area contributed by atoms with Crippen LogP contribution in [-0.2, 0) is 0 Å². The third-order valence-corrected chi connectivity index (χ3v) is 1.59. The summed E-state index contributed by atoms with van der Waals surface area (Å²) in [5.41, 5.74) is 0.325. The Labute approximate surface area is 74.4 Å². The van der Waals surface area contributed by atoms with Crippen molar-refractivity contribution in [2.45, 2.75) is 12.6 Å². The van der Waals surface area contributed by atoms with E-state index in [0.29, 0.717) is 5.56 Å². The average Bonchev–Trinajstić information content (AvgIpc) is 2.16. The first-order valence-electron chi connectivity index (χ1n) is 3.64. The van der Waals surface area contributed by atoms with Gasteiger partial charge in [-0.25, -0.2) is 13.2 Å². The number of hydrogen-bond acceptors (Lipinski definition) is 0. The molecule has 0 aromatic heterocycles.